The lowest BCUT2D eigenvalue weighted by molar-refractivity contribution is 0.0969. The van der Waals surface area contributed by atoms with Gasteiger partial charge in [-0.05, 0) is 0 Å². The fraction of sp³-hybridized carbons (Fsp3) is 0.0769. The Labute approximate surface area is 126 Å². The number of nitrogens with zero attached hydrogens (tertiary/aromatic N) is 3. The molecule has 0 aliphatic heterocycles. The number of nitrogens with one attached hydrogen (secondary N) is 1. The van der Waals surface area contributed by atoms with Gasteiger partial charge >= 0.3 is 5.69 Å². The van der Waals surface area contributed by atoms with Gasteiger partial charge in [0.05, 0.1) is 22.7 Å². The Balaban J connectivity index is 2.08. The van der Waals surface area contributed by atoms with E-state index in [0.717, 1.165) is 4.57 Å². The molecule has 0 saturated heterocycles. The van der Waals surface area contributed by atoms with Crippen molar-refractivity contribution in [3.63, 3.8) is 0 Å². The first-order valence-electron chi connectivity index (χ1n) is 6.02. The number of fused-ring (bicyclic) bond motifs is 1. The number of benzene rings is 1. The van der Waals surface area contributed by atoms with Crippen molar-refractivity contribution < 1.29 is 4.79 Å². The van der Waals surface area contributed by atoms with E-state index >= 15 is 0 Å². The van der Waals surface area contributed by atoms with E-state index in [2.05, 4.69) is 26.1 Å². The van der Waals surface area contributed by atoms with Crippen LogP contribution in [0.1, 0.15) is 10.4 Å². The van der Waals surface area contributed by atoms with Crippen LogP contribution < -0.4 is 11.2 Å². The molecule has 7 nitrogen and oxygen atoms in total. The molecule has 0 atom stereocenters. The molecule has 3 rings (SSSR count). The number of carbonyl (C=O) groups excluding carboxylic acids is 1. The van der Waals surface area contributed by atoms with Gasteiger partial charge < -0.3 is 0 Å². The minimum atomic E-state index is -0.655. The summed E-state index contributed by atoms with van der Waals surface area (Å²) in [6.07, 6.45) is 1.35. The number of aromatic amines is 1. The molecule has 2 aromatic heterocycles. The van der Waals surface area contributed by atoms with Gasteiger partial charge in [0.2, 0.25) is 0 Å². The van der Waals surface area contributed by atoms with E-state index in [1.165, 1.54) is 9.92 Å². The van der Waals surface area contributed by atoms with Gasteiger partial charge in [0.25, 0.3) is 5.56 Å². The number of Topliss-reactive ketones (excluding diaryl/α,β-unsaturated/α-hetero) is 1. The predicted octanol–water partition coefficient (Wildman–Crippen LogP) is 0.927. The van der Waals surface area contributed by atoms with Gasteiger partial charge in [-0.15, -0.1) is 0 Å². The van der Waals surface area contributed by atoms with Crippen LogP contribution in [0.3, 0.4) is 0 Å². The molecule has 0 saturated carbocycles. The monoisotopic (exact) mass is 348 g/mol. The van der Waals surface area contributed by atoms with Crippen molar-refractivity contribution in [2.45, 2.75) is 6.54 Å². The summed E-state index contributed by atoms with van der Waals surface area (Å²) in [5, 5.41) is 0. The maximum atomic E-state index is 12.2. The van der Waals surface area contributed by atoms with Crippen LogP contribution in [0.5, 0.6) is 0 Å². The molecule has 2 heterocycles. The first kappa shape index (κ1) is 13.5. The van der Waals surface area contributed by atoms with E-state index < -0.39 is 11.2 Å². The molecule has 8 heteroatoms. The van der Waals surface area contributed by atoms with Crippen molar-refractivity contribution in [1.82, 2.24) is 18.1 Å². The van der Waals surface area contributed by atoms with Gasteiger partial charge in [-0.25, -0.2) is 13.4 Å². The normalized spacial score (nSPS) is 10.9. The Bertz CT molecular complexity index is 939. The molecule has 1 aromatic carbocycles. The summed E-state index contributed by atoms with van der Waals surface area (Å²) in [7, 11) is 0. The molecular weight excluding hydrogens is 340 g/mol. The van der Waals surface area contributed by atoms with Crippen molar-refractivity contribution in [3.8, 4) is 0 Å². The predicted molar refractivity (Wildman–Crippen MR) is 79.7 cm³/mol. The number of hydrogen-bond acceptors (Lipinski definition) is 4. The minimum absolute atomic E-state index is 0.0901. The van der Waals surface area contributed by atoms with Crippen LogP contribution in [0.2, 0.25) is 0 Å². The fourth-order valence-electron chi connectivity index (χ4n) is 1.99. The average Bonchev–Trinajstić information content (AvgIpc) is 2.86. The molecule has 0 aliphatic carbocycles. The second kappa shape index (κ2) is 5.13. The standard InChI is InChI=1S/C13H9BrN4O3/c14-18-7-15-10-11(18)16-13(21)17(12(10)20)6-9(19)8-4-2-1-3-5-8/h1-5,7H,6H2,(H,16,21). The zero-order valence-electron chi connectivity index (χ0n) is 10.6. The summed E-state index contributed by atoms with van der Waals surface area (Å²) in [6.45, 7) is -0.330. The number of imidazole rings is 1. The molecule has 0 radical (unpaired) electrons. The molecule has 0 aliphatic rings. The summed E-state index contributed by atoms with van der Waals surface area (Å²) in [6, 6.07) is 8.48. The molecule has 0 spiro atoms. The molecule has 0 amide bonds. The SMILES string of the molecule is O=C(Cn1c(=O)[nH]c2c(ncn2Br)c1=O)c1ccccc1. The van der Waals surface area contributed by atoms with Crippen LogP contribution in [-0.2, 0) is 6.54 Å². The van der Waals surface area contributed by atoms with Crippen LogP contribution in [0.25, 0.3) is 11.2 Å². The fourth-order valence-corrected chi connectivity index (χ4v) is 2.34. The lowest BCUT2D eigenvalue weighted by Gasteiger charge is -2.04. The van der Waals surface area contributed by atoms with Crippen molar-refractivity contribution in [1.29, 1.82) is 0 Å². The highest BCUT2D eigenvalue weighted by Crippen LogP contribution is 2.06. The molecule has 1 N–H and O–H groups in total. The van der Waals surface area contributed by atoms with E-state index in [4.69, 9.17) is 0 Å². The highest BCUT2D eigenvalue weighted by atomic mass is 79.9. The van der Waals surface area contributed by atoms with Crippen LogP contribution in [0, 0.1) is 0 Å². The maximum absolute atomic E-state index is 12.2. The summed E-state index contributed by atoms with van der Waals surface area (Å²) in [5.41, 5.74) is -0.468. The quantitative estimate of drug-likeness (QED) is 0.713. The van der Waals surface area contributed by atoms with Gasteiger partial charge in [0, 0.05) is 5.56 Å². The van der Waals surface area contributed by atoms with E-state index in [1.807, 2.05) is 0 Å². The molecule has 106 valence electrons. The van der Waals surface area contributed by atoms with Crippen molar-refractivity contribution in [3.05, 3.63) is 63.1 Å². The van der Waals surface area contributed by atoms with E-state index in [0.29, 0.717) is 5.56 Å². The maximum Gasteiger partial charge on any atom is 0.330 e. The van der Waals surface area contributed by atoms with Gasteiger partial charge in [0.1, 0.15) is 6.33 Å². The first-order chi connectivity index (χ1) is 10.1. The van der Waals surface area contributed by atoms with Crippen LogP contribution in [0.4, 0.5) is 0 Å². The van der Waals surface area contributed by atoms with Gasteiger partial charge in [-0.1, -0.05) is 30.3 Å². The van der Waals surface area contributed by atoms with Gasteiger partial charge in [0.15, 0.2) is 16.9 Å². The summed E-state index contributed by atoms with van der Waals surface area (Å²) in [4.78, 5) is 42.7. The smallest absolute Gasteiger partial charge is 0.292 e. The molecule has 0 bridgehead atoms. The number of carbonyl (C=O) groups is 1. The third-order valence-electron chi connectivity index (χ3n) is 3.04. The second-order valence-corrected chi connectivity index (χ2v) is 5.13. The molecule has 0 unspecified atom stereocenters. The van der Waals surface area contributed by atoms with Gasteiger partial charge in [-0.2, -0.15) is 0 Å². The minimum Gasteiger partial charge on any atom is -0.292 e. The van der Waals surface area contributed by atoms with Crippen molar-refractivity contribution in [2.75, 3.05) is 0 Å². The number of aromatic nitrogens is 4. The Morgan fingerprint density at radius 3 is 2.67 bits per heavy atom. The average molecular weight is 349 g/mol. The Hall–Kier alpha value is -2.48. The van der Waals surface area contributed by atoms with Crippen molar-refractivity contribution >= 4 is 33.1 Å². The molecular formula is C13H9BrN4O3. The summed E-state index contributed by atoms with van der Waals surface area (Å²) < 4.78 is 2.20. The molecule has 3 aromatic rings. The zero-order valence-corrected chi connectivity index (χ0v) is 12.2. The molecule has 21 heavy (non-hydrogen) atoms. The molecule has 0 fully saturated rings. The Morgan fingerprint density at radius 1 is 1.24 bits per heavy atom. The lowest BCUT2D eigenvalue weighted by Crippen LogP contribution is -2.37. The number of H-pyrrole nitrogens is 1. The van der Waals surface area contributed by atoms with Crippen molar-refractivity contribution in [2.24, 2.45) is 0 Å². The third-order valence-corrected chi connectivity index (χ3v) is 3.58. The largest absolute Gasteiger partial charge is 0.330 e. The van der Waals surface area contributed by atoms with E-state index in [-0.39, 0.29) is 23.5 Å². The topological polar surface area (TPSA) is 89.8 Å². The number of ketones is 1. The van der Waals surface area contributed by atoms with Crippen LogP contribution in [-0.4, -0.2) is 23.9 Å². The van der Waals surface area contributed by atoms with E-state index in [9.17, 15) is 14.4 Å². The summed E-state index contributed by atoms with van der Waals surface area (Å²) in [5.74, 6) is -0.319. The third kappa shape index (κ3) is 2.33. The Kier molecular flexibility index (Phi) is 3.30. The van der Waals surface area contributed by atoms with Gasteiger partial charge in [-0.3, -0.25) is 19.1 Å². The number of rotatable bonds is 3. The van der Waals surface area contributed by atoms with E-state index in [1.54, 1.807) is 30.3 Å². The lowest BCUT2D eigenvalue weighted by atomic mass is 10.1. The zero-order chi connectivity index (χ0) is 15.0. The Morgan fingerprint density at radius 2 is 1.95 bits per heavy atom. The first-order valence-corrected chi connectivity index (χ1v) is 6.73. The van der Waals surface area contributed by atoms with Crippen LogP contribution >= 0.6 is 16.1 Å². The second-order valence-electron chi connectivity index (χ2n) is 4.36. The number of halogens is 1. The highest BCUT2D eigenvalue weighted by molar-refractivity contribution is 9.08. The number of hydrogen-bond donors (Lipinski definition) is 1. The van der Waals surface area contributed by atoms with Crippen LogP contribution in [0.15, 0.2) is 46.2 Å². The highest BCUT2D eigenvalue weighted by Gasteiger charge is 2.15. The summed E-state index contributed by atoms with van der Waals surface area (Å²) >= 11 is 3.12.